The van der Waals surface area contributed by atoms with Gasteiger partial charge in [-0.1, -0.05) is 260 Å². The van der Waals surface area contributed by atoms with Crippen LogP contribution in [0, 0.1) is 0 Å². The lowest BCUT2D eigenvalue weighted by molar-refractivity contribution is -0.870. The number of nitrogens with one attached hydrogen (secondary N) is 1. The van der Waals surface area contributed by atoms with Gasteiger partial charge in [0.25, 0.3) is 0 Å². The molecule has 456 valence electrons. The summed E-state index contributed by atoms with van der Waals surface area (Å²) in [6, 6.07) is -0.870. The average Bonchev–Trinajstić information content (AvgIpc) is 3.41. The molecule has 0 saturated heterocycles. The van der Waals surface area contributed by atoms with Crippen LogP contribution in [0.25, 0.3) is 0 Å². The highest BCUT2D eigenvalue weighted by Gasteiger charge is 2.30. The van der Waals surface area contributed by atoms with Crippen molar-refractivity contribution in [3.05, 3.63) is 97.2 Å². The second-order valence-corrected chi connectivity index (χ2v) is 24.4. The maximum Gasteiger partial charge on any atom is 0.472 e. The highest BCUT2D eigenvalue weighted by Crippen LogP contribution is 2.43. The molecule has 10 heteroatoms. The van der Waals surface area contributed by atoms with Gasteiger partial charge in [-0.2, -0.15) is 0 Å². The summed E-state index contributed by atoms with van der Waals surface area (Å²) >= 11 is 0. The molecule has 0 aromatic heterocycles. The molecule has 0 saturated carbocycles. The maximum atomic E-state index is 13.5. The fourth-order valence-electron chi connectivity index (χ4n) is 9.02. The molecule has 79 heavy (non-hydrogen) atoms. The van der Waals surface area contributed by atoms with Gasteiger partial charge in [-0.15, -0.1) is 0 Å². The quantitative estimate of drug-likeness (QED) is 0.0156. The molecular formula is C69H124N2O7P+. The summed E-state index contributed by atoms with van der Waals surface area (Å²) in [6.45, 7) is 6.87. The standard InChI is InChI=1S/C69H123N2O7P/c1-7-10-13-16-19-22-25-28-30-32-33-34-35-36-37-38-39-40-42-44-47-50-53-56-59-62-69(73)78-67(60-57-54-51-48-45-27-24-21-18-15-12-9-3)66(65-77-79(74,75)76-64-63-71(4,5)6)70-68(72)61-58-55-52-49-46-43-41-31-29-26-23-20-17-14-11-8-2/h10,13,19,22,28,30-31,33-34,36-37,41,43,46,57,60,66-67H,7-9,11-12,14-18,20-21,23-27,29,32,35,38-40,42,44-45,47-56,58-59,61-65H2,1-6H3,(H-,70,72,74,75)/p+1/b13-10-,22-19-,30-28-,34-33-,37-36-,41-31+,46-43+,60-57-. The first-order valence-corrected chi connectivity index (χ1v) is 34.1. The number of hydrogen-bond donors (Lipinski definition) is 2. The molecule has 0 aliphatic carbocycles. The predicted octanol–water partition coefficient (Wildman–Crippen LogP) is 20.3. The number of phosphoric acid groups is 1. The van der Waals surface area contributed by atoms with Gasteiger partial charge in [-0.25, -0.2) is 4.57 Å². The molecule has 0 aliphatic heterocycles. The molecule has 0 rings (SSSR count). The van der Waals surface area contributed by atoms with Crippen LogP contribution in [0.2, 0.25) is 0 Å². The molecule has 9 nitrogen and oxygen atoms in total. The molecule has 0 fully saturated rings. The highest BCUT2D eigenvalue weighted by molar-refractivity contribution is 7.47. The number of esters is 1. The summed E-state index contributed by atoms with van der Waals surface area (Å²) in [4.78, 5) is 37.7. The third-order valence-electron chi connectivity index (χ3n) is 14.0. The first-order valence-electron chi connectivity index (χ1n) is 32.6. The number of phosphoric ester groups is 1. The molecule has 3 unspecified atom stereocenters. The van der Waals surface area contributed by atoms with E-state index in [9.17, 15) is 19.0 Å². The topological polar surface area (TPSA) is 111 Å². The lowest BCUT2D eigenvalue weighted by Gasteiger charge is -2.27. The predicted molar refractivity (Wildman–Crippen MR) is 341 cm³/mol. The van der Waals surface area contributed by atoms with E-state index in [0.29, 0.717) is 23.9 Å². The first kappa shape index (κ1) is 75.9. The Bertz CT molecular complexity index is 1670. The van der Waals surface area contributed by atoms with Gasteiger partial charge in [0.2, 0.25) is 5.91 Å². The summed E-state index contributed by atoms with van der Waals surface area (Å²) in [5, 5.41) is 3.04. The Labute approximate surface area is 488 Å². The molecule has 0 spiro atoms. The second kappa shape index (κ2) is 58.1. The van der Waals surface area contributed by atoms with E-state index in [0.717, 1.165) is 109 Å². The zero-order valence-corrected chi connectivity index (χ0v) is 53.0. The summed E-state index contributed by atoms with van der Waals surface area (Å²) in [6.07, 6.45) is 78.4. The molecule has 2 N–H and O–H groups in total. The SMILES string of the molecule is CC/C=C\C/C=C\C/C=C\C/C=C\C/C=C\CCCCCCCCCCCC(=O)OC(/C=C\CCCCCCCCCCCC)C(COP(=O)(O)OCC[N+](C)(C)C)NC(=O)CCCCC/C=C/C=C/CCCCCCCCC. The summed E-state index contributed by atoms with van der Waals surface area (Å²) in [7, 11) is 1.47. The van der Waals surface area contributed by atoms with E-state index in [2.05, 4.69) is 111 Å². The van der Waals surface area contributed by atoms with Gasteiger partial charge in [0.05, 0.1) is 33.8 Å². The lowest BCUT2D eigenvalue weighted by Crippen LogP contribution is -2.47. The smallest absolute Gasteiger partial charge is 0.456 e. The van der Waals surface area contributed by atoms with E-state index in [4.69, 9.17) is 13.8 Å². The van der Waals surface area contributed by atoms with Crippen LogP contribution in [0.3, 0.4) is 0 Å². The van der Waals surface area contributed by atoms with E-state index in [-0.39, 0.29) is 31.5 Å². The first-order chi connectivity index (χ1) is 38.4. The van der Waals surface area contributed by atoms with E-state index in [1.54, 1.807) is 0 Å². The van der Waals surface area contributed by atoms with Crippen molar-refractivity contribution in [1.82, 2.24) is 5.32 Å². The molecule has 0 aliphatic rings. The van der Waals surface area contributed by atoms with Crippen LogP contribution >= 0.6 is 7.82 Å². The van der Waals surface area contributed by atoms with Crippen molar-refractivity contribution in [3.63, 3.8) is 0 Å². The van der Waals surface area contributed by atoms with Gasteiger partial charge in [-0.05, 0) is 102 Å². The fraction of sp³-hybridized carbons (Fsp3) is 0.739. The van der Waals surface area contributed by atoms with Crippen LogP contribution in [0.4, 0.5) is 0 Å². The zero-order chi connectivity index (χ0) is 57.9. The Morgan fingerprint density at radius 3 is 1.30 bits per heavy atom. The number of quaternary nitrogens is 1. The number of ether oxygens (including phenoxy) is 1. The molecular weight excluding hydrogens is 1000 g/mol. The second-order valence-electron chi connectivity index (χ2n) is 22.9. The Hall–Kier alpha value is -3.07. The van der Waals surface area contributed by atoms with Gasteiger partial charge in [0.1, 0.15) is 19.3 Å². The number of carbonyl (C=O) groups excluding carboxylic acids is 2. The van der Waals surface area contributed by atoms with Crippen molar-refractivity contribution in [2.24, 2.45) is 0 Å². The number of rotatable bonds is 58. The Morgan fingerprint density at radius 2 is 0.848 bits per heavy atom. The molecule has 0 aromatic rings. The van der Waals surface area contributed by atoms with Crippen LogP contribution in [0.5, 0.6) is 0 Å². The van der Waals surface area contributed by atoms with Gasteiger partial charge in [0.15, 0.2) is 0 Å². The number of allylic oxidation sites excluding steroid dienone is 15. The monoisotopic (exact) mass is 1120 g/mol. The average molecular weight is 1120 g/mol. The molecule has 0 radical (unpaired) electrons. The van der Waals surface area contributed by atoms with Crippen molar-refractivity contribution in [1.29, 1.82) is 0 Å². The minimum Gasteiger partial charge on any atom is -0.456 e. The zero-order valence-electron chi connectivity index (χ0n) is 52.1. The Kier molecular flexibility index (Phi) is 55.9. The van der Waals surface area contributed by atoms with Gasteiger partial charge >= 0.3 is 13.8 Å². The van der Waals surface area contributed by atoms with Crippen LogP contribution < -0.4 is 5.32 Å². The molecule has 0 bridgehead atoms. The third-order valence-corrected chi connectivity index (χ3v) is 15.0. The fourth-order valence-corrected chi connectivity index (χ4v) is 9.75. The number of carbonyl (C=O) groups is 2. The van der Waals surface area contributed by atoms with Crippen LogP contribution in [-0.2, 0) is 27.9 Å². The Morgan fingerprint density at radius 1 is 0.468 bits per heavy atom. The van der Waals surface area contributed by atoms with Gasteiger partial charge in [0, 0.05) is 12.8 Å². The van der Waals surface area contributed by atoms with Crippen molar-refractivity contribution >= 4 is 19.7 Å². The maximum absolute atomic E-state index is 13.5. The molecule has 3 atom stereocenters. The van der Waals surface area contributed by atoms with E-state index in [1.165, 1.54) is 128 Å². The van der Waals surface area contributed by atoms with Gasteiger partial charge < -0.3 is 19.4 Å². The third kappa shape index (κ3) is 59.4. The lowest BCUT2D eigenvalue weighted by atomic mass is 10.0. The number of unbranched alkanes of at least 4 members (excludes halogenated alkanes) is 29. The van der Waals surface area contributed by atoms with Crippen LogP contribution in [-0.4, -0.2) is 74.3 Å². The molecule has 1 amide bonds. The number of nitrogens with zero attached hydrogens (tertiary/aromatic N) is 1. The van der Waals surface area contributed by atoms with Crippen molar-refractivity contribution in [2.45, 2.75) is 290 Å². The number of amides is 1. The van der Waals surface area contributed by atoms with Crippen LogP contribution in [0.15, 0.2) is 97.2 Å². The summed E-state index contributed by atoms with van der Waals surface area (Å²) in [5.41, 5.74) is 0. The summed E-state index contributed by atoms with van der Waals surface area (Å²) in [5.74, 6) is -0.543. The minimum absolute atomic E-state index is 0.0304. The van der Waals surface area contributed by atoms with E-state index in [1.807, 2.05) is 33.3 Å². The number of likely N-dealkylation sites (N-methyl/N-ethyl adjacent to an activating group) is 1. The largest absolute Gasteiger partial charge is 0.472 e. The normalized spacial score (nSPS) is 14.3. The van der Waals surface area contributed by atoms with Crippen LogP contribution in [0.1, 0.15) is 278 Å². The minimum atomic E-state index is -4.46. The Balaban J connectivity index is 5.20. The van der Waals surface area contributed by atoms with Gasteiger partial charge in [-0.3, -0.25) is 18.6 Å². The van der Waals surface area contributed by atoms with E-state index < -0.39 is 20.0 Å². The van der Waals surface area contributed by atoms with Crippen molar-refractivity contribution in [2.75, 3.05) is 40.9 Å². The van der Waals surface area contributed by atoms with E-state index >= 15 is 0 Å². The van der Waals surface area contributed by atoms with Crippen molar-refractivity contribution in [3.8, 4) is 0 Å². The molecule has 0 heterocycles. The highest BCUT2D eigenvalue weighted by atomic mass is 31.2. The number of hydrogen-bond acceptors (Lipinski definition) is 6. The van der Waals surface area contributed by atoms with Crippen molar-refractivity contribution < 1.29 is 37.3 Å². The molecule has 0 aromatic carbocycles. The summed E-state index contributed by atoms with van der Waals surface area (Å²) < 4.78 is 30.7.